The second kappa shape index (κ2) is 6.67. The molecule has 5 heteroatoms. The van der Waals surface area contributed by atoms with E-state index in [2.05, 4.69) is 18.8 Å². The summed E-state index contributed by atoms with van der Waals surface area (Å²) in [6.07, 6.45) is 1.07. The van der Waals surface area contributed by atoms with Crippen molar-refractivity contribution >= 4 is 28.2 Å². The first-order valence-corrected chi connectivity index (χ1v) is 8.41. The van der Waals surface area contributed by atoms with E-state index in [1.807, 2.05) is 18.2 Å². The number of hydrogen-bond donors (Lipinski definition) is 1. The van der Waals surface area contributed by atoms with Crippen LogP contribution in [0.3, 0.4) is 0 Å². The zero-order chi connectivity index (χ0) is 18.1. The standard InChI is InChI=1S/C20H21NO4/c1-11(2)13-7-4-6-12-10-14(20(25-3)21-18(12)13)19(24)17-15(22)8-5-9-16(17)23/h4,6-7,10-11,24H,5,8-9H2,1-3H3. The van der Waals surface area contributed by atoms with Crippen LogP contribution in [0.5, 0.6) is 5.88 Å². The van der Waals surface area contributed by atoms with Gasteiger partial charge >= 0.3 is 0 Å². The second-order valence-electron chi connectivity index (χ2n) is 6.54. The Bertz CT molecular complexity index is 878. The van der Waals surface area contributed by atoms with Crippen LogP contribution >= 0.6 is 0 Å². The maximum absolute atomic E-state index is 12.1. The molecule has 3 rings (SSSR count). The Labute approximate surface area is 146 Å². The molecule has 1 aromatic heterocycles. The van der Waals surface area contributed by atoms with E-state index in [9.17, 15) is 14.7 Å². The van der Waals surface area contributed by atoms with Crippen molar-refractivity contribution in [2.75, 3.05) is 7.11 Å². The third-order valence-corrected chi connectivity index (χ3v) is 4.51. The molecule has 0 spiro atoms. The van der Waals surface area contributed by atoms with Crippen LogP contribution < -0.4 is 4.74 Å². The quantitative estimate of drug-likeness (QED) is 0.520. The van der Waals surface area contributed by atoms with Crippen molar-refractivity contribution in [2.24, 2.45) is 0 Å². The average Bonchev–Trinajstić information content (AvgIpc) is 2.59. The summed E-state index contributed by atoms with van der Waals surface area (Å²) in [6.45, 7) is 4.16. The lowest BCUT2D eigenvalue weighted by molar-refractivity contribution is -0.123. The minimum atomic E-state index is -0.337. The molecule has 0 bridgehead atoms. The average molecular weight is 339 g/mol. The highest BCUT2D eigenvalue weighted by molar-refractivity contribution is 6.25. The Kier molecular flexibility index (Phi) is 4.57. The Balaban J connectivity index is 2.26. The number of carbonyl (C=O) groups is 2. The topological polar surface area (TPSA) is 76.5 Å². The molecule has 5 nitrogen and oxygen atoms in total. The minimum Gasteiger partial charge on any atom is -0.506 e. The van der Waals surface area contributed by atoms with Crippen molar-refractivity contribution in [3.63, 3.8) is 0 Å². The number of allylic oxidation sites excluding steroid dienone is 1. The van der Waals surface area contributed by atoms with E-state index in [-0.39, 0.29) is 53.1 Å². The van der Waals surface area contributed by atoms with Crippen molar-refractivity contribution in [1.82, 2.24) is 4.98 Å². The molecular weight excluding hydrogens is 318 g/mol. The number of rotatable bonds is 3. The van der Waals surface area contributed by atoms with Gasteiger partial charge < -0.3 is 9.84 Å². The lowest BCUT2D eigenvalue weighted by Gasteiger charge is -2.16. The molecule has 0 amide bonds. The first-order valence-electron chi connectivity index (χ1n) is 8.41. The predicted molar refractivity (Wildman–Crippen MR) is 95.8 cm³/mol. The Morgan fingerprint density at radius 1 is 1.20 bits per heavy atom. The van der Waals surface area contributed by atoms with Gasteiger partial charge in [-0.05, 0) is 24.0 Å². The molecule has 1 saturated carbocycles. The summed E-state index contributed by atoms with van der Waals surface area (Å²) in [4.78, 5) is 28.8. The van der Waals surface area contributed by atoms with Crippen molar-refractivity contribution < 1.29 is 19.4 Å². The number of nitrogens with zero attached hydrogens (tertiary/aromatic N) is 1. The predicted octanol–water partition coefficient (Wildman–Crippen LogP) is 3.96. The molecular formula is C20H21NO4. The van der Waals surface area contributed by atoms with Gasteiger partial charge in [0, 0.05) is 18.2 Å². The molecule has 1 heterocycles. The van der Waals surface area contributed by atoms with Crippen molar-refractivity contribution in [2.45, 2.75) is 39.0 Å². The lowest BCUT2D eigenvalue weighted by atomic mass is 9.89. The van der Waals surface area contributed by atoms with E-state index in [1.165, 1.54) is 7.11 Å². The zero-order valence-corrected chi connectivity index (χ0v) is 14.6. The van der Waals surface area contributed by atoms with Gasteiger partial charge in [-0.15, -0.1) is 0 Å². The number of Topliss-reactive ketones (excluding diaryl/α,β-unsaturated/α-hetero) is 2. The third kappa shape index (κ3) is 3.02. The molecule has 2 aromatic rings. The number of aliphatic hydroxyl groups is 1. The van der Waals surface area contributed by atoms with Crippen molar-refractivity contribution in [3.8, 4) is 5.88 Å². The molecule has 130 valence electrons. The number of hydrogen-bond acceptors (Lipinski definition) is 5. The Morgan fingerprint density at radius 2 is 1.88 bits per heavy atom. The van der Waals surface area contributed by atoms with Gasteiger partial charge in [0.05, 0.1) is 18.2 Å². The van der Waals surface area contributed by atoms with Gasteiger partial charge in [-0.2, -0.15) is 0 Å². The van der Waals surface area contributed by atoms with Crippen LogP contribution in [0.1, 0.15) is 50.2 Å². The van der Waals surface area contributed by atoms with Crippen molar-refractivity contribution in [3.05, 3.63) is 41.0 Å². The fraction of sp³-hybridized carbons (Fsp3) is 0.350. The van der Waals surface area contributed by atoms with E-state index >= 15 is 0 Å². The maximum Gasteiger partial charge on any atom is 0.224 e. The lowest BCUT2D eigenvalue weighted by Crippen LogP contribution is -2.20. The van der Waals surface area contributed by atoms with Crippen LogP contribution in [0.2, 0.25) is 0 Å². The number of pyridine rings is 1. The highest BCUT2D eigenvalue weighted by atomic mass is 16.5. The fourth-order valence-corrected chi connectivity index (χ4v) is 3.21. The number of carbonyl (C=O) groups excluding carboxylic acids is 2. The summed E-state index contributed by atoms with van der Waals surface area (Å²) < 4.78 is 5.34. The monoisotopic (exact) mass is 339 g/mol. The normalized spacial score (nSPS) is 15.1. The van der Waals surface area contributed by atoms with Crippen molar-refractivity contribution in [1.29, 1.82) is 0 Å². The molecule has 1 fully saturated rings. The highest BCUT2D eigenvalue weighted by Crippen LogP contribution is 2.33. The first kappa shape index (κ1) is 17.1. The number of ether oxygens (including phenoxy) is 1. The summed E-state index contributed by atoms with van der Waals surface area (Å²) in [5.41, 5.74) is 2.00. The molecule has 1 aliphatic rings. The first-order chi connectivity index (χ1) is 11.9. The van der Waals surface area contributed by atoms with Gasteiger partial charge in [0.15, 0.2) is 11.6 Å². The van der Waals surface area contributed by atoms with Crippen LogP contribution in [0.4, 0.5) is 0 Å². The maximum atomic E-state index is 12.1. The molecule has 1 aromatic carbocycles. The van der Waals surface area contributed by atoms with Gasteiger partial charge in [-0.1, -0.05) is 32.0 Å². The molecule has 25 heavy (non-hydrogen) atoms. The fourth-order valence-electron chi connectivity index (χ4n) is 3.21. The smallest absolute Gasteiger partial charge is 0.224 e. The molecule has 1 aliphatic carbocycles. The van der Waals surface area contributed by atoms with E-state index < -0.39 is 0 Å². The van der Waals surface area contributed by atoms with Crippen LogP contribution in [-0.2, 0) is 9.59 Å². The zero-order valence-electron chi connectivity index (χ0n) is 14.6. The summed E-state index contributed by atoms with van der Waals surface area (Å²) >= 11 is 0. The van der Waals surface area contributed by atoms with Gasteiger partial charge in [0.2, 0.25) is 5.88 Å². The van der Waals surface area contributed by atoms with Crippen LogP contribution in [-0.4, -0.2) is 28.8 Å². The van der Waals surface area contributed by atoms with Crippen LogP contribution in [0.15, 0.2) is 29.8 Å². The molecule has 0 atom stereocenters. The van der Waals surface area contributed by atoms with E-state index in [1.54, 1.807) is 6.07 Å². The number of aromatic nitrogens is 1. The van der Waals surface area contributed by atoms with E-state index in [4.69, 9.17) is 4.74 Å². The molecule has 1 N–H and O–H groups in total. The summed E-state index contributed by atoms with van der Waals surface area (Å²) in [5.74, 6) is -0.508. The van der Waals surface area contributed by atoms with E-state index in [0.717, 1.165) is 16.5 Å². The summed E-state index contributed by atoms with van der Waals surface area (Å²) in [5, 5.41) is 11.5. The number of fused-ring (bicyclic) bond motifs is 1. The minimum absolute atomic E-state index is 0.134. The number of methoxy groups -OCH3 is 1. The highest BCUT2D eigenvalue weighted by Gasteiger charge is 2.29. The number of aliphatic hydroxyl groups excluding tert-OH is 1. The summed E-state index contributed by atoms with van der Waals surface area (Å²) in [6, 6.07) is 7.55. The van der Waals surface area contributed by atoms with Gasteiger partial charge in [0.25, 0.3) is 0 Å². The number of para-hydroxylation sites is 1. The Hall–Kier alpha value is -2.69. The van der Waals surface area contributed by atoms with Crippen LogP contribution in [0.25, 0.3) is 16.7 Å². The van der Waals surface area contributed by atoms with Gasteiger partial charge in [-0.3, -0.25) is 9.59 Å². The van der Waals surface area contributed by atoms with Gasteiger partial charge in [-0.25, -0.2) is 4.98 Å². The molecule has 0 radical (unpaired) electrons. The SMILES string of the molecule is COc1nc2c(C(C)C)cccc2cc1C(O)=C1C(=O)CCCC1=O. The van der Waals surface area contributed by atoms with E-state index in [0.29, 0.717) is 6.42 Å². The summed E-state index contributed by atoms with van der Waals surface area (Å²) in [7, 11) is 1.46. The Morgan fingerprint density at radius 3 is 2.48 bits per heavy atom. The number of ketones is 2. The molecule has 0 saturated heterocycles. The van der Waals surface area contributed by atoms with Gasteiger partial charge in [0.1, 0.15) is 11.3 Å². The second-order valence-corrected chi connectivity index (χ2v) is 6.54. The third-order valence-electron chi connectivity index (χ3n) is 4.51. The molecule has 0 unspecified atom stereocenters. The number of benzene rings is 1. The largest absolute Gasteiger partial charge is 0.506 e. The molecule has 0 aliphatic heterocycles. The van der Waals surface area contributed by atoms with Crippen LogP contribution in [0, 0.1) is 0 Å².